The van der Waals surface area contributed by atoms with Gasteiger partial charge in [-0.15, -0.1) is 0 Å². The Morgan fingerprint density at radius 1 is 1.33 bits per heavy atom. The van der Waals surface area contributed by atoms with Gasteiger partial charge < -0.3 is 14.4 Å². The molecule has 1 amide bonds. The number of aromatic nitrogens is 3. The van der Waals surface area contributed by atoms with Gasteiger partial charge in [-0.25, -0.2) is 4.98 Å². The summed E-state index contributed by atoms with van der Waals surface area (Å²) in [5.41, 5.74) is 1.36. The molecule has 3 rings (SSSR count). The van der Waals surface area contributed by atoms with Gasteiger partial charge in [0.15, 0.2) is 0 Å². The maximum Gasteiger partial charge on any atom is 0.259 e. The van der Waals surface area contributed by atoms with Crippen LogP contribution in [0.25, 0.3) is 10.9 Å². The molecule has 142 valence electrons. The van der Waals surface area contributed by atoms with Crippen molar-refractivity contribution in [1.82, 2.24) is 20.0 Å². The van der Waals surface area contributed by atoms with Crippen LogP contribution in [0.1, 0.15) is 47.9 Å². The van der Waals surface area contributed by atoms with Gasteiger partial charge in [0, 0.05) is 11.6 Å². The van der Waals surface area contributed by atoms with Gasteiger partial charge in [0.05, 0.1) is 23.1 Å². The van der Waals surface area contributed by atoms with Gasteiger partial charge in [-0.2, -0.15) is 0 Å². The first-order valence-corrected chi connectivity index (χ1v) is 9.25. The van der Waals surface area contributed by atoms with Crippen molar-refractivity contribution < 1.29 is 9.32 Å². The second kappa shape index (κ2) is 7.92. The predicted molar refractivity (Wildman–Crippen MR) is 103 cm³/mol. The summed E-state index contributed by atoms with van der Waals surface area (Å²) in [5, 5.41) is 4.92. The van der Waals surface area contributed by atoms with Crippen LogP contribution in [0.2, 0.25) is 5.02 Å². The average Bonchev–Trinajstić information content (AvgIpc) is 3.01. The Hall–Kier alpha value is -2.67. The lowest BCUT2D eigenvalue weighted by Gasteiger charge is -2.21. The van der Waals surface area contributed by atoms with Crippen molar-refractivity contribution in [3.8, 4) is 0 Å². The lowest BCUT2D eigenvalue weighted by atomic mass is 10.1. The molecule has 1 aromatic carbocycles. The van der Waals surface area contributed by atoms with E-state index in [9.17, 15) is 9.59 Å². The highest BCUT2D eigenvalue weighted by atomic mass is 35.5. The smallest absolute Gasteiger partial charge is 0.259 e. The van der Waals surface area contributed by atoms with Crippen LogP contribution < -0.4 is 5.56 Å². The van der Waals surface area contributed by atoms with Crippen molar-refractivity contribution in [2.45, 2.75) is 40.2 Å². The van der Waals surface area contributed by atoms with E-state index in [1.54, 1.807) is 30.0 Å². The number of halogens is 1. The fourth-order valence-electron chi connectivity index (χ4n) is 3.03. The molecule has 2 heterocycles. The number of aromatic amines is 1. The fraction of sp³-hybridized carbons (Fsp3) is 0.368. The van der Waals surface area contributed by atoms with Crippen LogP contribution in [0.15, 0.2) is 27.5 Å². The Morgan fingerprint density at radius 3 is 2.81 bits per heavy atom. The Balaban J connectivity index is 1.97. The molecule has 8 heteroatoms. The van der Waals surface area contributed by atoms with Crippen molar-refractivity contribution >= 4 is 28.4 Å². The van der Waals surface area contributed by atoms with Crippen molar-refractivity contribution in [2.24, 2.45) is 0 Å². The van der Waals surface area contributed by atoms with E-state index in [-0.39, 0.29) is 18.0 Å². The second-order valence-electron chi connectivity index (χ2n) is 6.31. The number of nitrogens with zero attached hydrogens (tertiary/aromatic N) is 3. The summed E-state index contributed by atoms with van der Waals surface area (Å²) >= 11 is 6.01. The van der Waals surface area contributed by atoms with Crippen LogP contribution in [0.3, 0.4) is 0 Å². The van der Waals surface area contributed by atoms with Gasteiger partial charge in [0.1, 0.15) is 17.1 Å². The number of fused-ring (bicyclic) bond motifs is 1. The fourth-order valence-corrected chi connectivity index (χ4v) is 3.20. The van der Waals surface area contributed by atoms with Gasteiger partial charge in [-0.1, -0.05) is 30.6 Å². The molecular formula is C19H21ClN4O3. The molecule has 7 nitrogen and oxygen atoms in total. The maximum atomic E-state index is 13.1. The predicted octanol–water partition coefficient (Wildman–Crippen LogP) is 3.49. The lowest BCUT2D eigenvalue weighted by molar-refractivity contribution is 0.0736. The van der Waals surface area contributed by atoms with Gasteiger partial charge in [-0.3, -0.25) is 9.59 Å². The molecule has 3 aromatic rings. The van der Waals surface area contributed by atoms with Crippen LogP contribution in [-0.2, 0) is 13.0 Å². The standard InChI is InChI=1S/C19H21ClN4O3/c1-4-8-24(19(26)17-11(3)27-23-14(17)5-2)10-16-21-15-9-12(20)6-7-13(15)18(25)22-16/h6-7,9H,4-5,8,10H2,1-3H3,(H,21,22,25). The molecule has 2 aromatic heterocycles. The largest absolute Gasteiger partial charge is 0.361 e. The van der Waals surface area contributed by atoms with E-state index in [4.69, 9.17) is 16.1 Å². The number of rotatable bonds is 6. The van der Waals surface area contributed by atoms with Crippen molar-refractivity contribution in [3.05, 3.63) is 56.4 Å². The molecule has 0 fully saturated rings. The third kappa shape index (κ3) is 3.88. The van der Waals surface area contributed by atoms with Gasteiger partial charge in [0.25, 0.3) is 11.5 Å². The normalized spacial score (nSPS) is 11.1. The molecular weight excluding hydrogens is 368 g/mol. The molecule has 0 unspecified atom stereocenters. The Labute approximate surface area is 161 Å². The number of carbonyl (C=O) groups excluding carboxylic acids is 1. The monoisotopic (exact) mass is 388 g/mol. The molecule has 0 bridgehead atoms. The number of hydrogen-bond acceptors (Lipinski definition) is 5. The van der Waals surface area contributed by atoms with E-state index in [1.807, 2.05) is 13.8 Å². The average molecular weight is 389 g/mol. The first-order valence-electron chi connectivity index (χ1n) is 8.87. The molecule has 0 spiro atoms. The third-order valence-electron chi connectivity index (χ3n) is 4.32. The van der Waals surface area contributed by atoms with Gasteiger partial charge in [-0.05, 0) is 38.0 Å². The van der Waals surface area contributed by atoms with E-state index in [2.05, 4.69) is 15.1 Å². The summed E-state index contributed by atoms with van der Waals surface area (Å²) in [6.45, 7) is 6.33. The summed E-state index contributed by atoms with van der Waals surface area (Å²) in [5.74, 6) is 0.717. The molecule has 0 saturated heterocycles. The summed E-state index contributed by atoms with van der Waals surface area (Å²) < 4.78 is 5.19. The minimum atomic E-state index is -0.258. The summed E-state index contributed by atoms with van der Waals surface area (Å²) in [6.07, 6.45) is 1.36. The summed E-state index contributed by atoms with van der Waals surface area (Å²) in [7, 11) is 0. The lowest BCUT2D eigenvalue weighted by Crippen LogP contribution is -2.33. The van der Waals surface area contributed by atoms with E-state index < -0.39 is 0 Å². The number of benzene rings is 1. The van der Waals surface area contributed by atoms with E-state index in [0.717, 1.165) is 6.42 Å². The highest BCUT2D eigenvalue weighted by molar-refractivity contribution is 6.31. The van der Waals surface area contributed by atoms with Crippen molar-refractivity contribution in [1.29, 1.82) is 0 Å². The Morgan fingerprint density at radius 2 is 2.11 bits per heavy atom. The molecule has 1 N–H and O–H groups in total. The Kier molecular flexibility index (Phi) is 5.60. The molecule has 0 aliphatic rings. The number of hydrogen-bond donors (Lipinski definition) is 1. The van der Waals surface area contributed by atoms with Gasteiger partial charge >= 0.3 is 0 Å². The zero-order valence-corrected chi connectivity index (χ0v) is 16.3. The SMILES string of the molecule is CCCN(Cc1nc2cc(Cl)ccc2c(=O)[nH]1)C(=O)c1c(CC)noc1C. The molecule has 0 atom stereocenters. The van der Waals surface area contributed by atoms with E-state index in [0.29, 0.717) is 51.7 Å². The van der Waals surface area contributed by atoms with Crippen LogP contribution in [0.4, 0.5) is 0 Å². The summed E-state index contributed by atoms with van der Waals surface area (Å²) in [4.78, 5) is 34.3. The topological polar surface area (TPSA) is 92.1 Å². The minimum Gasteiger partial charge on any atom is -0.361 e. The van der Waals surface area contributed by atoms with Gasteiger partial charge in [0.2, 0.25) is 0 Å². The number of nitrogens with one attached hydrogen (secondary N) is 1. The maximum absolute atomic E-state index is 13.1. The van der Waals surface area contributed by atoms with Crippen LogP contribution >= 0.6 is 11.6 Å². The van der Waals surface area contributed by atoms with Crippen LogP contribution in [0, 0.1) is 6.92 Å². The Bertz CT molecular complexity index is 1040. The van der Waals surface area contributed by atoms with E-state index in [1.165, 1.54) is 0 Å². The van der Waals surface area contributed by atoms with Crippen molar-refractivity contribution in [2.75, 3.05) is 6.54 Å². The third-order valence-corrected chi connectivity index (χ3v) is 4.56. The molecule has 0 aliphatic heterocycles. The first-order chi connectivity index (χ1) is 12.9. The van der Waals surface area contributed by atoms with Crippen molar-refractivity contribution in [3.63, 3.8) is 0 Å². The zero-order valence-electron chi connectivity index (χ0n) is 15.5. The molecule has 27 heavy (non-hydrogen) atoms. The second-order valence-corrected chi connectivity index (χ2v) is 6.75. The van der Waals surface area contributed by atoms with Crippen LogP contribution in [-0.4, -0.2) is 32.5 Å². The van der Waals surface area contributed by atoms with Crippen LogP contribution in [0.5, 0.6) is 0 Å². The molecule has 0 saturated carbocycles. The number of amides is 1. The number of H-pyrrole nitrogens is 1. The molecule has 0 aliphatic carbocycles. The number of aryl methyl sites for hydroxylation is 2. The highest BCUT2D eigenvalue weighted by Gasteiger charge is 2.25. The molecule has 0 radical (unpaired) electrons. The highest BCUT2D eigenvalue weighted by Crippen LogP contribution is 2.19. The quantitative estimate of drug-likeness (QED) is 0.697. The minimum absolute atomic E-state index is 0.179. The summed E-state index contributed by atoms with van der Waals surface area (Å²) in [6, 6.07) is 4.92. The zero-order chi connectivity index (χ0) is 19.6. The first kappa shape index (κ1) is 19.1. The van der Waals surface area contributed by atoms with E-state index >= 15 is 0 Å². The number of carbonyl (C=O) groups is 1.